The van der Waals surface area contributed by atoms with Gasteiger partial charge in [-0.05, 0) is 18.1 Å². The van der Waals surface area contributed by atoms with Crippen LogP contribution in [0.4, 0.5) is 0 Å². The van der Waals surface area contributed by atoms with E-state index in [1.165, 1.54) is 6.42 Å². The van der Waals surface area contributed by atoms with Crippen molar-refractivity contribution in [2.75, 3.05) is 11.5 Å². The van der Waals surface area contributed by atoms with Crippen molar-refractivity contribution in [3.05, 3.63) is 0 Å². The number of hydrogen-bond donors (Lipinski definition) is 0. The molecule has 0 aliphatic heterocycles. The average molecular weight is 202 g/mol. The summed E-state index contributed by atoms with van der Waals surface area (Å²) in [4.78, 5) is 11.5. The highest BCUT2D eigenvalue weighted by molar-refractivity contribution is 7.99. The quantitative estimate of drug-likeness (QED) is 0.636. The summed E-state index contributed by atoms with van der Waals surface area (Å²) in [5.74, 6) is 2.90. The minimum Gasteiger partial charge on any atom is -0.298 e. The maximum atomic E-state index is 11.5. The third kappa shape index (κ3) is 7.12. The summed E-state index contributed by atoms with van der Waals surface area (Å²) in [5.41, 5.74) is -0.162. The fraction of sp³-hybridized carbons (Fsp3) is 0.909. The van der Waals surface area contributed by atoms with E-state index in [9.17, 15) is 4.79 Å². The monoisotopic (exact) mass is 202 g/mol. The first kappa shape index (κ1) is 13.0. The molecule has 0 radical (unpaired) electrons. The molecule has 0 saturated carbocycles. The average Bonchev–Trinajstić information content (AvgIpc) is 1.95. The van der Waals surface area contributed by atoms with E-state index < -0.39 is 0 Å². The van der Waals surface area contributed by atoms with Gasteiger partial charge < -0.3 is 0 Å². The Morgan fingerprint density at radius 3 is 2.23 bits per heavy atom. The van der Waals surface area contributed by atoms with Crippen LogP contribution in [-0.4, -0.2) is 17.3 Å². The van der Waals surface area contributed by atoms with E-state index in [4.69, 9.17) is 0 Å². The molecule has 0 aliphatic carbocycles. The van der Waals surface area contributed by atoms with Crippen molar-refractivity contribution in [2.45, 2.75) is 41.0 Å². The SMILES string of the molecule is CC(C)CCSCC(=O)C(C)(C)C. The number of rotatable bonds is 5. The molecule has 0 heterocycles. The first-order valence-electron chi connectivity index (χ1n) is 4.95. The van der Waals surface area contributed by atoms with E-state index in [1.807, 2.05) is 20.8 Å². The minimum absolute atomic E-state index is 0.162. The lowest BCUT2D eigenvalue weighted by molar-refractivity contribution is -0.123. The van der Waals surface area contributed by atoms with E-state index in [1.54, 1.807) is 11.8 Å². The van der Waals surface area contributed by atoms with Gasteiger partial charge in [0.25, 0.3) is 0 Å². The first-order valence-corrected chi connectivity index (χ1v) is 6.10. The first-order chi connectivity index (χ1) is 5.84. The Bertz CT molecular complexity index is 156. The highest BCUT2D eigenvalue weighted by Crippen LogP contribution is 2.18. The number of carbonyl (C=O) groups excluding carboxylic acids is 1. The van der Waals surface area contributed by atoms with Crippen molar-refractivity contribution in [3.8, 4) is 0 Å². The van der Waals surface area contributed by atoms with Crippen LogP contribution >= 0.6 is 11.8 Å². The van der Waals surface area contributed by atoms with Crippen LogP contribution in [0.15, 0.2) is 0 Å². The molecular weight excluding hydrogens is 180 g/mol. The number of thioether (sulfide) groups is 1. The van der Waals surface area contributed by atoms with Crippen molar-refractivity contribution >= 4 is 17.5 Å². The summed E-state index contributed by atoms with van der Waals surface area (Å²) in [5, 5.41) is 0. The molecule has 0 aromatic carbocycles. The molecule has 0 unspecified atom stereocenters. The molecule has 0 bridgehead atoms. The van der Waals surface area contributed by atoms with Gasteiger partial charge in [-0.2, -0.15) is 11.8 Å². The van der Waals surface area contributed by atoms with Crippen LogP contribution in [0.2, 0.25) is 0 Å². The van der Waals surface area contributed by atoms with Crippen molar-refractivity contribution in [2.24, 2.45) is 11.3 Å². The maximum absolute atomic E-state index is 11.5. The molecule has 0 fully saturated rings. The molecule has 0 aromatic rings. The second-order valence-corrected chi connectivity index (χ2v) is 6.01. The van der Waals surface area contributed by atoms with Crippen molar-refractivity contribution in [1.82, 2.24) is 0 Å². The number of ketones is 1. The van der Waals surface area contributed by atoms with Crippen LogP contribution in [0.25, 0.3) is 0 Å². The van der Waals surface area contributed by atoms with E-state index in [2.05, 4.69) is 13.8 Å². The Kier molecular flexibility index (Phi) is 5.70. The molecule has 0 aromatic heterocycles. The molecule has 2 heteroatoms. The normalized spacial score (nSPS) is 12.2. The Morgan fingerprint density at radius 2 is 1.85 bits per heavy atom. The molecule has 78 valence electrons. The Balaban J connectivity index is 3.49. The largest absolute Gasteiger partial charge is 0.298 e. The predicted octanol–water partition coefficient (Wildman–Crippen LogP) is 3.38. The van der Waals surface area contributed by atoms with Gasteiger partial charge >= 0.3 is 0 Å². The second-order valence-electron chi connectivity index (χ2n) is 4.91. The van der Waals surface area contributed by atoms with Crippen molar-refractivity contribution in [1.29, 1.82) is 0 Å². The third-order valence-electron chi connectivity index (χ3n) is 1.91. The fourth-order valence-corrected chi connectivity index (χ4v) is 2.10. The molecule has 1 nitrogen and oxygen atoms in total. The molecule has 0 atom stereocenters. The van der Waals surface area contributed by atoms with Crippen molar-refractivity contribution in [3.63, 3.8) is 0 Å². The zero-order valence-electron chi connectivity index (χ0n) is 9.52. The summed E-state index contributed by atoms with van der Waals surface area (Å²) >= 11 is 1.77. The van der Waals surface area contributed by atoms with Crippen molar-refractivity contribution < 1.29 is 4.79 Å². The molecule has 0 rings (SSSR count). The smallest absolute Gasteiger partial charge is 0.148 e. The van der Waals surface area contributed by atoms with Gasteiger partial charge in [0.2, 0.25) is 0 Å². The van der Waals surface area contributed by atoms with Gasteiger partial charge in [0, 0.05) is 5.41 Å². The molecule has 0 spiro atoms. The topological polar surface area (TPSA) is 17.1 Å². The Labute approximate surface area is 86.7 Å². The minimum atomic E-state index is -0.162. The lowest BCUT2D eigenvalue weighted by atomic mass is 9.92. The van der Waals surface area contributed by atoms with E-state index in [0.717, 1.165) is 11.7 Å². The Hall–Kier alpha value is 0.0200. The standard InChI is InChI=1S/C11H22OS/c1-9(2)6-7-13-8-10(12)11(3,4)5/h9H,6-8H2,1-5H3. The van der Waals surface area contributed by atoms with Gasteiger partial charge in [0.15, 0.2) is 0 Å². The van der Waals surface area contributed by atoms with Gasteiger partial charge in [-0.1, -0.05) is 34.6 Å². The summed E-state index contributed by atoms with van der Waals surface area (Å²) in [6, 6.07) is 0. The number of Topliss-reactive ketones (excluding diaryl/α,β-unsaturated/α-hetero) is 1. The van der Waals surface area contributed by atoms with Crippen LogP contribution in [0.1, 0.15) is 41.0 Å². The van der Waals surface area contributed by atoms with Crippen LogP contribution in [0.5, 0.6) is 0 Å². The summed E-state index contributed by atoms with van der Waals surface area (Å²) in [7, 11) is 0. The third-order valence-corrected chi connectivity index (χ3v) is 2.90. The van der Waals surface area contributed by atoms with Gasteiger partial charge in [-0.25, -0.2) is 0 Å². The van der Waals surface area contributed by atoms with Crippen LogP contribution in [0, 0.1) is 11.3 Å². The van der Waals surface area contributed by atoms with Crippen LogP contribution in [0.3, 0.4) is 0 Å². The van der Waals surface area contributed by atoms with E-state index >= 15 is 0 Å². The molecule has 0 saturated heterocycles. The predicted molar refractivity (Wildman–Crippen MR) is 61.2 cm³/mol. The maximum Gasteiger partial charge on any atom is 0.148 e. The molecule has 0 N–H and O–H groups in total. The fourth-order valence-electron chi connectivity index (χ4n) is 0.700. The van der Waals surface area contributed by atoms with E-state index in [0.29, 0.717) is 11.5 Å². The van der Waals surface area contributed by atoms with E-state index in [-0.39, 0.29) is 5.41 Å². The summed E-state index contributed by atoms with van der Waals surface area (Å²) < 4.78 is 0. The highest BCUT2D eigenvalue weighted by atomic mass is 32.2. The summed E-state index contributed by atoms with van der Waals surface area (Å²) in [6.45, 7) is 10.4. The van der Waals surface area contributed by atoms with Gasteiger partial charge in [-0.3, -0.25) is 4.79 Å². The van der Waals surface area contributed by atoms with Gasteiger partial charge in [0.05, 0.1) is 5.75 Å². The zero-order chi connectivity index (χ0) is 10.5. The lowest BCUT2D eigenvalue weighted by Crippen LogP contribution is -2.22. The molecular formula is C11H22OS. The Morgan fingerprint density at radius 1 is 1.31 bits per heavy atom. The zero-order valence-corrected chi connectivity index (χ0v) is 10.3. The van der Waals surface area contributed by atoms with Crippen LogP contribution in [-0.2, 0) is 4.79 Å². The highest BCUT2D eigenvalue weighted by Gasteiger charge is 2.20. The van der Waals surface area contributed by atoms with Gasteiger partial charge in [-0.15, -0.1) is 0 Å². The molecule has 13 heavy (non-hydrogen) atoms. The van der Waals surface area contributed by atoms with Gasteiger partial charge in [0.1, 0.15) is 5.78 Å². The number of hydrogen-bond acceptors (Lipinski definition) is 2. The number of carbonyl (C=O) groups is 1. The molecule has 0 aliphatic rings. The molecule has 0 amide bonds. The summed E-state index contributed by atoms with van der Waals surface area (Å²) in [6.07, 6.45) is 1.21. The second kappa shape index (κ2) is 5.69. The lowest BCUT2D eigenvalue weighted by Gasteiger charge is -2.16. The van der Waals surface area contributed by atoms with Crippen LogP contribution < -0.4 is 0 Å².